The lowest BCUT2D eigenvalue weighted by atomic mass is 9.89. The van der Waals surface area contributed by atoms with Gasteiger partial charge in [-0.3, -0.25) is 0 Å². The second-order valence-corrected chi connectivity index (χ2v) is 5.07. The molecule has 3 nitrogen and oxygen atoms in total. The summed E-state index contributed by atoms with van der Waals surface area (Å²) in [5.74, 6) is 1.46. The second-order valence-electron chi connectivity index (χ2n) is 5.07. The van der Waals surface area contributed by atoms with Crippen molar-refractivity contribution in [2.24, 2.45) is 5.73 Å². The number of furan rings is 1. The zero-order chi connectivity index (χ0) is 14.0. The first-order chi connectivity index (χ1) is 9.02. The van der Waals surface area contributed by atoms with Crippen molar-refractivity contribution in [3.63, 3.8) is 0 Å². The summed E-state index contributed by atoms with van der Waals surface area (Å²) in [6.45, 7) is 6.19. The average Bonchev–Trinajstić information content (AvgIpc) is 2.71. The first-order valence-corrected chi connectivity index (χ1v) is 6.54. The van der Waals surface area contributed by atoms with Crippen LogP contribution in [0, 0.1) is 20.8 Å². The molecule has 0 bridgehead atoms. The Kier molecular flexibility index (Phi) is 4.08. The summed E-state index contributed by atoms with van der Waals surface area (Å²) in [5, 5.41) is 10.6. The van der Waals surface area contributed by atoms with E-state index in [0.29, 0.717) is 6.54 Å². The van der Waals surface area contributed by atoms with Gasteiger partial charge in [0.1, 0.15) is 11.5 Å². The van der Waals surface area contributed by atoms with Crippen LogP contribution >= 0.6 is 0 Å². The Hall–Kier alpha value is -1.58. The van der Waals surface area contributed by atoms with Crippen molar-refractivity contribution in [1.29, 1.82) is 0 Å². The molecule has 1 aromatic carbocycles. The lowest BCUT2D eigenvalue weighted by Crippen LogP contribution is -2.20. The maximum atomic E-state index is 10.6. The van der Waals surface area contributed by atoms with Crippen LogP contribution in [0.15, 0.2) is 34.7 Å². The normalized spacial score (nSPS) is 14.4. The SMILES string of the molecule is Cc1ccc(C(CN)C(O)c2cc(C)oc2C)cc1. The van der Waals surface area contributed by atoms with Gasteiger partial charge in [-0.25, -0.2) is 0 Å². The van der Waals surface area contributed by atoms with Gasteiger partial charge < -0.3 is 15.3 Å². The minimum Gasteiger partial charge on any atom is -0.466 e. The van der Waals surface area contributed by atoms with Crippen molar-refractivity contribution in [2.75, 3.05) is 6.54 Å². The lowest BCUT2D eigenvalue weighted by Gasteiger charge is -2.21. The molecule has 0 fully saturated rings. The highest BCUT2D eigenvalue weighted by atomic mass is 16.3. The standard InChI is InChI=1S/C16H21NO2/c1-10-4-6-13(7-5-10)15(9-17)16(18)14-8-11(2)19-12(14)3/h4-8,15-16,18H,9,17H2,1-3H3. The quantitative estimate of drug-likeness (QED) is 0.887. The number of hydrogen-bond donors (Lipinski definition) is 2. The number of aliphatic hydroxyl groups is 1. The van der Waals surface area contributed by atoms with E-state index in [0.717, 1.165) is 22.6 Å². The maximum absolute atomic E-state index is 10.6. The fourth-order valence-corrected chi connectivity index (χ4v) is 2.42. The van der Waals surface area contributed by atoms with Crippen molar-refractivity contribution in [1.82, 2.24) is 0 Å². The molecule has 2 aromatic rings. The van der Waals surface area contributed by atoms with Crippen molar-refractivity contribution in [2.45, 2.75) is 32.8 Å². The number of hydrogen-bond acceptors (Lipinski definition) is 3. The number of rotatable bonds is 4. The summed E-state index contributed by atoms with van der Waals surface area (Å²) >= 11 is 0. The Labute approximate surface area is 114 Å². The third-order valence-electron chi connectivity index (χ3n) is 3.54. The minimum absolute atomic E-state index is 0.115. The number of benzene rings is 1. The molecule has 2 atom stereocenters. The van der Waals surface area contributed by atoms with E-state index in [-0.39, 0.29) is 5.92 Å². The van der Waals surface area contributed by atoms with Crippen LogP contribution in [0.3, 0.4) is 0 Å². The van der Waals surface area contributed by atoms with E-state index in [1.165, 1.54) is 5.56 Å². The van der Waals surface area contributed by atoms with E-state index in [2.05, 4.69) is 0 Å². The molecule has 1 heterocycles. The molecule has 0 saturated heterocycles. The van der Waals surface area contributed by atoms with Gasteiger partial charge in [0.25, 0.3) is 0 Å². The predicted octanol–water partition coefficient (Wildman–Crippen LogP) is 2.98. The number of aliphatic hydroxyl groups excluding tert-OH is 1. The molecule has 2 rings (SSSR count). The van der Waals surface area contributed by atoms with Crippen molar-refractivity contribution in [3.8, 4) is 0 Å². The monoisotopic (exact) mass is 259 g/mol. The summed E-state index contributed by atoms with van der Waals surface area (Å²) < 4.78 is 5.48. The van der Waals surface area contributed by atoms with Crippen molar-refractivity contribution >= 4 is 0 Å². The van der Waals surface area contributed by atoms with Crippen LogP contribution < -0.4 is 5.73 Å². The number of nitrogens with two attached hydrogens (primary N) is 1. The fraction of sp³-hybridized carbons (Fsp3) is 0.375. The smallest absolute Gasteiger partial charge is 0.106 e. The van der Waals surface area contributed by atoms with E-state index in [4.69, 9.17) is 10.2 Å². The van der Waals surface area contributed by atoms with E-state index in [1.807, 2.05) is 51.1 Å². The van der Waals surface area contributed by atoms with E-state index < -0.39 is 6.10 Å². The van der Waals surface area contributed by atoms with Gasteiger partial charge in [-0.2, -0.15) is 0 Å². The Morgan fingerprint density at radius 2 is 1.79 bits per heavy atom. The molecule has 3 heteroatoms. The Balaban J connectivity index is 2.31. The zero-order valence-electron chi connectivity index (χ0n) is 11.7. The highest BCUT2D eigenvalue weighted by molar-refractivity contribution is 5.31. The third-order valence-corrected chi connectivity index (χ3v) is 3.54. The fourth-order valence-electron chi connectivity index (χ4n) is 2.42. The predicted molar refractivity (Wildman–Crippen MR) is 76.1 cm³/mol. The molecular formula is C16H21NO2. The van der Waals surface area contributed by atoms with Gasteiger partial charge in [-0.1, -0.05) is 29.8 Å². The van der Waals surface area contributed by atoms with Crippen LogP contribution in [0.5, 0.6) is 0 Å². The third kappa shape index (κ3) is 2.88. The molecule has 0 aliphatic rings. The van der Waals surface area contributed by atoms with Crippen LogP contribution in [0.25, 0.3) is 0 Å². The molecule has 2 unspecified atom stereocenters. The highest BCUT2D eigenvalue weighted by Crippen LogP contribution is 2.33. The molecule has 0 aliphatic heterocycles. The topological polar surface area (TPSA) is 59.4 Å². The van der Waals surface area contributed by atoms with Crippen LogP contribution in [0.4, 0.5) is 0 Å². The molecule has 3 N–H and O–H groups in total. The summed E-state index contributed by atoms with van der Waals surface area (Å²) in [5.41, 5.74) is 8.93. The van der Waals surface area contributed by atoms with Gasteiger partial charge in [0.2, 0.25) is 0 Å². The minimum atomic E-state index is -0.634. The van der Waals surface area contributed by atoms with Crippen LogP contribution in [-0.4, -0.2) is 11.7 Å². The van der Waals surface area contributed by atoms with Gasteiger partial charge in [0.15, 0.2) is 0 Å². The molecule has 0 spiro atoms. The molecule has 0 amide bonds. The van der Waals surface area contributed by atoms with Crippen molar-refractivity contribution in [3.05, 3.63) is 58.5 Å². The molecule has 19 heavy (non-hydrogen) atoms. The van der Waals surface area contributed by atoms with Gasteiger partial charge >= 0.3 is 0 Å². The summed E-state index contributed by atoms with van der Waals surface area (Å²) in [6, 6.07) is 10.0. The summed E-state index contributed by atoms with van der Waals surface area (Å²) in [4.78, 5) is 0. The van der Waals surface area contributed by atoms with E-state index >= 15 is 0 Å². The molecule has 102 valence electrons. The molecular weight excluding hydrogens is 238 g/mol. The molecule has 0 saturated carbocycles. The van der Waals surface area contributed by atoms with E-state index in [9.17, 15) is 5.11 Å². The van der Waals surface area contributed by atoms with Crippen LogP contribution in [0.1, 0.15) is 40.2 Å². The lowest BCUT2D eigenvalue weighted by molar-refractivity contribution is 0.145. The van der Waals surface area contributed by atoms with Gasteiger partial charge in [-0.05, 0) is 32.4 Å². The zero-order valence-corrected chi connectivity index (χ0v) is 11.7. The Bertz CT molecular complexity index is 542. The van der Waals surface area contributed by atoms with Gasteiger partial charge in [-0.15, -0.1) is 0 Å². The Morgan fingerprint density at radius 3 is 2.26 bits per heavy atom. The summed E-state index contributed by atoms with van der Waals surface area (Å²) in [6.07, 6.45) is -0.634. The van der Waals surface area contributed by atoms with Gasteiger partial charge in [0.05, 0.1) is 6.10 Å². The average molecular weight is 259 g/mol. The molecule has 0 radical (unpaired) electrons. The van der Waals surface area contributed by atoms with Crippen LogP contribution in [0.2, 0.25) is 0 Å². The largest absolute Gasteiger partial charge is 0.466 e. The summed E-state index contributed by atoms with van der Waals surface area (Å²) in [7, 11) is 0. The maximum Gasteiger partial charge on any atom is 0.106 e. The number of aryl methyl sites for hydroxylation is 3. The highest BCUT2D eigenvalue weighted by Gasteiger charge is 2.24. The first kappa shape index (κ1) is 13.8. The molecule has 0 aliphatic carbocycles. The van der Waals surface area contributed by atoms with Crippen LogP contribution in [-0.2, 0) is 0 Å². The van der Waals surface area contributed by atoms with E-state index in [1.54, 1.807) is 0 Å². The second kappa shape index (κ2) is 5.59. The molecule has 1 aromatic heterocycles. The first-order valence-electron chi connectivity index (χ1n) is 6.54. The van der Waals surface area contributed by atoms with Gasteiger partial charge in [0, 0.05) is 18.0 Å². The Morgan fingerprint density at radius 1 is 1.16 bits per heavy atom. The van der Waals surface area contributed by atoms with Crippen molar-refractivity contribution < 1.29 is 9.52 Å².